The molecule has 1 saturated heterocycles. The SMILES string of the molecule is COc1cc(NC(=O)C2CCN(C(=O)c3ncn4c3CO[C@@H](c3ccccc3)C4)CC2)cc(OC)c1. The van der Waals surface area contributed by atoms with Crippen molar-refractivity contribution in [3.05, 3.63) is 71.8 Å². The van der Waals surface area contributed by atoms with Crippen LogP contribution >= 0.6 is 0 Å². The van der Waals surface area contributed by atoms with E-state index in [9.17, 15) is 9.59 Å². The second kappa shape index (κ2) is 10.4. The molecule has 2 aliphatic rings. The van der Waals surface area contributed by atoms with E-state index in [0.717, 1.165) is 11.3 Å². The maximum atomic E-state index is 13.3. The molecule has 2 aromatic carbocycles. The lowest BCUT2D eigenvalue weighted by Crippen LogP contribution is -2.42. The van der Waals surface area contributed by atoms with E-state index in [2.05, 4.69) is 10.3 Å². The van der Waals surface area contributed by atoms with E-state index in [1.807, 2.05) is 34.9 Å². The molecule has 2 aliphatic heterocycles. The Morgan fingerprint density at radius 3 is 2.39 bits per heavy atom. The molecule has 0 bridgehead atoms. The Kier molecular flexibility index (Phi) is 6.90. The lowest BCUT2D eigenvalue weighted by Gasteiger charge is -2.31. The van der Waals surface area contributed by atoms with Crippen molar-refractivity contribution in [3.8, 4) is 11.5 Å². The van der Waals surface area contributed by atoms with E-state index in [0.29, 0.717) is 62.0 Å². The highest BCUT2D eigenvalue weighted by Gasteiger charge is 2.32. The van der Waals surface area contributed by atoms with Gasteiger partial charge in [-0.2, -0.15) is 0 Å². The first-order chi connectivity index (χ1) is 17.6. The number of benzene rings is 2. The molecule has 9 heteroatoms. The molecule has 1 aromatic heterocycles. The molecule has 3 heterocycles. The molecule has 3 aromatic rings. The summed E-state index contributed by atoms with van der Waals surface area (Å²) in [6.07, 6.45) is 2.83. The Labute approximate surface area is 210 Å². The topological polar surface area (TPSA) is 94.9 Å². The minimum atomic E-state index is -0.183. The van der Waals surface area contributed by atoms with Gasteiger partial charge in [0.15, 0.2) is 5.69 Å². The number of rotatable bonds is 6. The Balaban J connectivity index is 1.18. The van der Waals surface area contributed by atoms with Crippen LogP contribution in [0.25, 0.3) is 0 Å². The summed E-state index contributed by atoms with van der Waals surface area (Å²) in [7, 11) is 3.14. The Hall–Kier alpha value is -3.85. The van der Waals surface area contributed by atoms with Gasteiger partial charge in [-0.25, -0.2) is 4.98 Å². The fourth-order valence-corrected chi connectivity index (χ4v) is 4.79. The number of nitrogens with one attached hydrogen (secondary N) is 1. The van der Waals surface area contributed by atoms with Gasteiger partial charge < -0.3 is 29.0 Å². The molecule has 0 unspecified atom stereocenters. The lowest BCUT2D eigenvalue weighted by atomic mass is 9.95. The van der Waals surface area contributed by atoms with Gasteiger partial charge in [0, 0.05) is 42.9 Å². The highest BCUT2D eigenvalue weighted by atomic mass is 16.5. The van der Waals surface area contributed by atoms with Crippen LogP contribution in [0.2, 0.25) is 0 Å². The van der Waals surface area contributed by atoms with Crippen LogP contribution in [0.3, 0.4) is 0 Å². The van der Waals surface area contributed by atoms with Crippen LogP contribution in [0.15, 0.2) is 54.9 Å². The van der Waals surface area contributed by atoms with Crippen LogP contribution in [0, 0.1) is 5.92 Å². The monoisotopic (exact) mass is 490 g/mol. The number of hydrogen-bond acceptors (Lipinski definition) is 6. The number of likely N-dealkylation sites (tertiary alicyclic amines) is 1. The van der Waals surface area contributed by atoms with Gasteiger partial charge in [0.2, 0.25) is 5.91 Å². The summed E-state index contributed by atoms with van der Waals surface area (Å²) in [5.41, 5.74) is 2.97. The van der Waals surface area contributed by atoms with Gasteiger partial charge in [0.05, 0.1) is 39.4 Å². The number of methoxy groups -OCH3 is 2. The van der Waals surface area contributed by atoms with Gasteiger partial charge in [-0.05, 0) is 18.4 Å². The van der Waals surface area contributed by atoms with E-state index in [1.165, 1.54) is 0 Å². The molecule has 0 radical (unpaired) electrons. The summed E-state index contributed by atoms with van der Waals surface area (Å²) >= 11 is 0. The number of carbonyl (C=O) groups excluding carboxylic acids is 2. The summed E-state index contributed by atoms with van der Waals surface area (Å²) in [6.45, 7) is 1.96. The first kappa shape index (κ1) is 23.9. The number of imidazole rings is 1. The average Bonchev–Trinajstić information content (AvgIpc) is 3.36. The summed E-state index contributed by atoms with van der Waals surface area (Å²) in [6, 6.07) is 15.3. The van der Waals surface area contributed by atoms with E-state index in [1.54, 1.807) is 43.6 Å². The summed E-state index contributed by atoms with van der Waals surface area (Å²) in [5, 5.41) is 2.96. The molecule has 36 heavy (non-hydrogen) atoms. The molecule has 0 aliphatic carbocycles. The third-order valence-corrected chi connectivity index (χ3v) is 6.88. The maximum Gasteiger partial charge on any atom is 0.274 e. The molecule has 1 N–H and O–H groups in total. The van der Waals surface area contributed by atoms with Gasteiger partial charge in [-0.15, -0.1) is 0 Å². The number of nitrogens with zero attached hydrogens (tertiary/aromatic N) is 3. The van der Waals surface area contributed by atoms with E-state index in [4.69, 9.17) is 14.2 Å². The Morgan fingerprint density at radius 2 is 1.72 bits per heavy atom. The number of hydrogen-bond donors (Lipinski definition) is 1. The Bertz CT molecular complexity index is 1210. The van der Waals surface area contributed by atoms with Crippen LogP contribution in [-0.2, 0) is 22.7 Å². The van der Waals surface area contributed by atoms with Crippen molar-refractivity contribution in [2.45, 2.75) is 32.1 Å². The number of ether oxygens (including phenoxy) is 3. The van der Waals surface area contributed by atoms with Gasteiger partial charge in [-0.1, -0.05) is 30.3 Å². The zero-order valence-corrected chi connectivity index (χ0v) is 20.5. The second-order valence-electron chi connectivity index (χ2n) is 9.06. The zero-order chi connectivity index (χ0) is 25.1. The number of anilines is 1. The standard InChI is InChI=1S/C27H30N4O5/c1-34-21-12-20(13-22(14-21)35-2)29-26(32)19-8-10-30(11-9-19)27(33)25-23-16-36-24(15-31(23)17-28-25)18-6-4-3-5-7-18/h3-7,12-14,17,19,24H,8-11,15-16H2,1-2H3,(H,29,32)/t24-/m1/s1. The van der Waals surface area contributed by atoms with E-state index in [-0.39, 0.29) is 23.8 Å². The summed E-state index contributed by atoms with van der Waals surface area (Å²) < 4.78 is 18.6. The molecule has 2 amide bonds. The van der Waals surface area contributed by atoms with Crippen molar-refractivity contribution in [3.63, 3.8) is 0 Å². The molecule has 0 spiro atoms. The number of aromatic nitrogens is 2. The van der Waals surface area contributed by atoms with Gasteiger partial charge in [0.25, 0.3) is 5.91 Å². The van der Waals surface area contributed by atoms with Crippen LogP contribution in [-0.4, -0.2) is 53.6 Å². The van der Waals surface area contributed by atoms with Gasteiger partial charge in [0.1, 0.15) is 17.6 Å². The summed E-state index contributed by atoms with van der Waals surface area (Å²) in [4.78, 5) is 32.4. The summed E-state index contributed by atoms with van der Waals surface area (Å²) in [5.74, 6) is 0.844. The van der Waals surface area contributed by atoms with Crippen molar-refractivity contribution in [2.24, 2.45) is 5.92 Å². The normalized spacial score (nSPS) is 17.8. The number of amides is 2. The second-order valence-corrected chi connectivity index (χ2v) is 9.06. The van der Waals surface area contributed by atoms with Crippen LogP contribution in [0.4, 0.5) is 5.69 Å². The third-order valence-electron chi connectivity index (χ3n) is 6.88. The third kappa shape index (κ3) is 4.92. The predicted molar refractivity (Wildman–Crippen MR) is 133 cm³/mol. The fourth-order valence-electron chi connectivity index (χ4n) is 4.79. The van der Waals surface area contributed by atoms with Crippen molar-refractivity contribution >= 4 is 17.5 Å². The van der Waals surface area contributed by atoms with Gasteiger partial charge >= 0.3 is 0 Å². The highest BCUT2D eigenvalue weighted by molar-refractivity contribution is 5.95. The van der Waals surface area contributed by atoms with E-state index >= 15 is 0 Å². The highest BCUT2D eigenvalue weighted by Crippen LogP contribution is 2.30. The molecule has 188 valence electrons. The molecule has 0 saturated carbocycles. The van der Waals surface area contributed by atoms with Crippen molar-refractivity contribution in [1.82, 2.24) is 14.5 Å². The first-order valence-corrected chi connectivity index (χ1v) is 12.1. The minimum absolute atomic E-state index is 0.0605. The van der Waals surface area contributed by atoms with Crippen LogP contribution in [0.5, 0.6) is 11.5 Å². The largest absolute Gasteiger partial charge is 0.497 e. The first-order valence-electron chi connectivity index (χ1n) is 12.1. The quantitative estimate of drug-likeness (QED) is 0.567. The number of piperidine rings is 1. The fraction of sp³-hybridized carbons (Fsp3) is 0.370. The predicted octanol–water partition coefficient (Wildman–Crippen LogP) is 3.66. The van der Waals surface area contributed by atoms with Crippen LogP contribution in [0.1, 0.15) is 40.7 Å². The Morgan fingerprint density at radius 1 is 1.03 bits per heavy atom. The van der Waals surface area contributed by atoms with Gasteiger partial charge in [-0.3, -0.25) is 9.59 Å². The molecule has 1 atom stereocenters. The minimum Gasteiger partial charge on any atom is -0.497 e. The number of carbonyl (C=O) groups is 2. The van der Waals surface area contributed by atoms with Crippen LogP contribution < -0.4 is 14.8 Å². The molecule has 9 nitrogen and oxygen atoms in total. The van der Waals surface area contributed by atoms with Crippen molar-refractivity contribution < 1.29 is 23.8 Å². The molecular weight excluding hydrogens is 460 g/mol. The molecule has 1 fully saturated rings. The molecule has 5 rings (SSSR count). The smallest absolute Gasteiger partial charge is 0.274 e. The van der Waals surface area contributed by atoms with Crippen molar-refractivity contribution in [2.75, 3.05) is 32.6 Å². The molecular formula is C27H30N4O5. The average molecular weight is 491 g/mol. The lowest BCUT2D eigenvalue weighted by molar-refractivity contribution is -0.121. The van der Waals surface area contributed by atoms with Crippen molar-refractivity contribution in [1.29, 1.82) is 0 Å². The zero-order valence-electron chi connectivity index (χ0n) is 20.5. The maximum absolute atomic E-state index is 13.3. The number of fused-ring (bicyclic) bond motifs is 1. The van der Waals surface area contributed by atoms with E-state index < -0.39 is 0 Å².